The minimum absolute atomic E-state index is 0.101. The van der Waals surface area contributed by atoms with Crippen molar-refractivity contribution in [3.8, 4) is 0 Å². The lowest BCUT2D eigenvalue weighted by atomic mass is 9.47. The number of allylic oxidation sites excluding steroid dienone is 2. The van der Waals surface area contributed by atoms with Crippen LogP contribution in [0.5, 0.6) is 0 Å². The number of carbonyl (C=O) groups is 1. The van der Waals surface area contributed by atoms with Crippen molar-refractivity contribution in [1.29, 1.82) is 0 Å². The minimum atomic E-state index is -0.127. The Morgan fingerprint density at radius 3 is 2.73 bits per heavy atom. The topological polar surface area (TPSA) is 35.5 Å². The lowest BCUT2D eigenvalue weighted by molar-refractivity contribution is -0.148. The van der Waals surface area contributed by atoms with Crippen molar-refractivity contribution < 1.29 is 14.3 Å². The van der Waals surface area contributed by atoms with Gasteiger partial charge in [0, 0.05) is 13.3 Å². The number of methoxy groups -OCH3 is 1. The molecule has 0 aromatic rings. The third kappa shape index (κ3) is 3.65. The molecule has 8 atom stereocenters. The van der Waals surface area contributed by atoms with E-state index in [1.807, 2.05) is 6.26 Å². The van der Waals surface area contributed by atoms with Crippen LogP contribution in [-0.4, -0.2) is 19.2 Å². The zero-order chi connectivity index (χ0) is 21.5. The molecule has 4 aliphatic rings. The van der Waals surface area contributed by atoms with Crippen LogP contribution in [0.2, 0.25) is 0 Å². The van der Waals surface area contributed by atoms with Crippen molar-refractivity contribution in [3.63, 3.8) is 0 Å². The fraction of sp³-hybridized carbons (Fsp3) is 0.815. The standard InChI is InChI=1S/C27H42O3/c1-18(7-6-16-29-5)23-10-11-24-22-9-8-20-17-21(30-19(2)28)12-14-26(20,3)25(22)13-15-27(23,24)4/h6,8,16,18,21-25H,7,9-15,17H2,1-5H3/t18-,21+,22?,23-,24?,25?,26+,27-/m1/s1. The maximum absolute atomic E-state index is 11.5. The molecule has 0 saturated heterocycles. The first kappa shape index (κ1) is 22.0. The molecule has 0 N–H and O–H groups in total. The summed E-state index contributed by atoms with van der Waals surface area (Å²) < 4.78 is 10.7. The Balaban J connectivity index is 1.51. The number of hydrogen-bond acceptors (Lipinski definition) is 3. The Morgan fingerprint density at radius 1 is 1.20 bits per heavy atom. The van der Waals surface area contributed by atoms with Crippen LogP contribution in [0.4, 0.5) is 0 Å². The van der Waals surface area contributed by atoms with Gasteiger partial charge < -0.3 is 9.47 Å². The van der Waals surface area contributed by atoms with Gasteiger partial charge in [-0.15, -0.1) is 0 Å². The zero-order valence-corrected chi connectivity index (χ0v) is 19.8. The van der Waals surface area contributed by atoms with E-state index >= 15 is 0 Å². The second-order valence-electron chi connectivity index (χ2n) is 11.3. The van der Waals surface area contributed by atoms with E-state index in [2.05, 4.69) is 32.9 Å². The first-order valence-electron chi connectivity index (χ1n) is 12.3. The first-order chi connectivity index (χ1) is 14.3. The molecular formula is C27H42O3. The fourth-order valence-electron chi connectivity index (χ4n) is 8.47. The highest BCUT2D eigenvalue weighted by Gasteiger charge is 2.59. The van der Waals surface area contributed by atoms with Gasteiger partial charge in [0.15, 0.2) is 0 Å². The highest BCUT2D eigenvalue weighted by molar-refractivity contribution is 5.66. The van der Waals surface area contributed by atoms with E-state index in [0.29, 0.717) is 10.8 Å². The maximum atomic E-state index is 11.5. The molecule has 0 bridgehead atoms. The smallest absolute Gasteiger partial charge is 0.302 e. The number of hydrogen-bond donors (Lipinski definition) is 0. The molecule has 0 aliphatic heterocycles. The molecule has 168 valence electrons. The third-order valence-electron chi connectivity index (χ3n) is 9.89. The zero-order valence-electron chi connectivity index (χ0n) is 19.8. The summed E-state index contributed by atoms with van der Waals surface area (Å²) in [7, 11) is 1.74. The van der Waals surface area contributed by atoms with Crippen LogP contribution < -0.4 is 0 Å². The van der Waals surface area contributed by atoms with Gasteiger partial charge >= 0.3 is 5.97 Å². The fourth-order valence-corrected chi connectivity index (χ4v) is 8.47. The number of carbonyl (C=O) groups excluding carboxylic acids is 1. The molecule has 0 radical (unpaired) electrons. The van der Waals surface area contributed by atoms with E-state index in [-0.39, 0.29) is 12.1 Å². The molecule has 0 heterocycles. The first-order valence-corrected chi connectivity index (χ1v) is 12.3. The van der Waals surface area contributed by atoms with E-state index in [4.69, 9.17) is 9.47 Å². The number of fused-ring (bicyclic) bond motifs is 5. The molecule has 3 unspecified atom stereocenters. The van der Waals surface area contributed by atoms with Gasteiger partial charge in [0.1, 0.15) is 6.10 Å². The van der Waals surface area contributed by atoms with Gasteiger partial charge in [0.25, 0.3) is 0 Å². The van der Waals surface area contributed by atoms with Gasteiger partial charge in [0.05, 0.1) is 13.4 Å². The average molecular weight is 415 g/mol. The molecule has 3 nitrogen and oxygen atoms in total. The maximum Gasteiger partial charge on any atom is 0.302 e. The predicted molar refractivity (Wildman–Crippen MR) is 121 cm³/mol. The molecule has 30 heavy (non-hydrogen) atoms. The lowest BCUT2D eigenvalue weighted by Gasteiger charge is -2.58. The molecule has 3 saturated carbocycles. The van der Waals surface area contributed by atoms with Gasteiger partial charge in [-0.05, 0) is 97.9 Å². The van der Waals surface area contributed by atoms with Crippen LogP contribution >= 0.6 is 0 Å². The molecule has 4 aliphatic carbocycles. The largest absolute Gasteiger partial charge is 0.505 e. The number of esters is 1. The Kier molecular flexibility index (Phi) is 6.12. The van der Waals surface area contributed by atoms with E-state index in [0.717, 1.165) is 48.9 Å². The Morgan fingerprint density at radius 2 is 2.00 bits per heavy atom. The van der Waals surface area contributed by atoms with Gasteiger partial charge in [0.2, 0.25) is 0 Å². The van der Waals surface area contributed by atoms with E-state index in [9.17, 15) is 4.79 Å². The van der Waals surface area contributed by atoms with Crippen LogP contribution in [0.3, 0.4) is 0 Å². The molecule has 0 aromatic heterocycles. The summed E-state index contributed by atoms with van der Waals surface area (Å²) in [6.45, 7) is 9.17. The molecule has 0 aromatic carbocycles. The van der Waals surface area contributed by atoms with Crippen LogP contribution in [0.1, 0.15) is 85.5 Å². The van der Waals surface area contributed by atoms with Crippen molar-refractivity contribution in [2.24, 2.45) is 40.4 Å². The average Bonchev–Trinajstić information content (AvgIpc) is 3.05. The Bertz CT molecular complexity index is 709. The van der Waals surface area contributed by atoms with Crippen molar-refractivity contribution in [3.05, 3.63) is 24.0 Å². The van der Waals surface area contributed by atoms with E-state index in [1.165, 1.54) is 38.5 Å². The summed E-state index contributed by atoms with van der Waals surface area (Å²) in [6.07, 6.45) is 17.9. The molecular weight excluding hydrogens is 372 g/mol. The van der Waals surface area contributed by atoms with Crippen molar-refractivity contribution in [2.45, 2.75) is 91.6 Å². The number of ether oxygens (including phenoxy) is 2. The monoisotopic (exact) mass is 414 g/mol. The second kappa shape index (κ2) is 8.36. The van der Waals surface area contributed by atoms with Gasteiger partial charge in [-0.25, -0.2) is 0 Å². The minimum Gasteiger partial charge on any atom is -0.505 e. The van der Waals surface area contributed by atoms with Gasteiger partial charge in [-0.2, -0.15) is 0 Å². The summed E-state index contributed by atoms with van der Waals surface area (Å²) >= 11 is 0. The second-order valence-corrected chi connectivity index (χ2v) is 11.3. The van der Waals surface area contributed by atoms with Crippen LogP contribution in [0.15, 0.2) is 24.0 Å². The highest BCUT2D eigenvalue weighted by atomic mass is 16.5. The van der Waals surface area contributed by atoms with Gasteiger partial charge in [-0.3, -0.25) is 4.79 Å². The Hall–Kier alpha value is -1.25. The summed E-state index contributed by atoms with van der Waals surface area (Å²) in [6, 6.07) is 0. The lowest BCUT2D eigenvalue weighted by Crippen LogP contribution is -2.51. The normalized spacial score (nSPS) is 43.9. The number of rotatable bonds is 5. The van der Waals surface area contributed by atoms with Gasteiger partial charge in [-0.1, -0.05) is 32.4 Å². The predicted octanol–water partition coefficient (Wildman–Crippen LogP) is 6.68. The van der Waals surface area contributed by atoms with Crippen LogP contribution in [0.25, 0.3) is 0 Å². The summed E-state index contributed by atoms with van der Waals surface area (Å²) in [5.74, 6) is 3.97. The van der Waals surface area contributed by atoms with Crippen molar-refractivity contribution in [1.82, 2.24) is 0 Å². The van der Waals surface area contributed by atoms with Crippen molar-refractivity contribution in [2.75, 3.05) is 7.11 Å². The molecule has 3 fully saturated rings. The molecule has 3 heteroatoms. The Labute approximate surface area is 183 Å². The highest BCUT2D eigenvalue weighted by Crippen LogP contribution is 2.67. The summed E-state index contributed by atoms with van der Waals surface area (Å²) in [4.78, 5) is 11.5. The van der Waals surface area contributed by atoms with Crippen LogP contribution in [0, 0.1) is 40.4 Å². The van der Waals surface area contributed by atoms with Crippen LogP contribution in [-0.2, 0) is 14.3 Å². The third-order valence-corrected chi connectivity index (χ3v) is 9.89. The molecule has 4 rings (SSSR count). The van der Waals surface area contributed by atoms with Crippen molar-refractivity contribution >= 4 is 5.97 Å². The van der Waals surface area contributed by atoms with E-state index in [1.54, 1.807) is 19.6 Å². The molecule has 0 spiro atoms. The summed E-state index contributed by atoms with van der Waals surface area (Å²) in [5.41, 5.74) is 2.42. The SMILES string of the molecule is COC=CC[C@@H](C)[C@H]1CCC2C3CC=C4C[C@@H](OC(C)=O)CC[C@]4(C)C3CC[C@@]21C. The molecule has 0 amide bonds. The quantitative estimate of drug-likeness (QED) is 0.286. The summed E-state index contributed by atoms with van der Waals surface area (Å²) in [5, 5.41) is 0. The van der Waals surface area contributed by atoms with E-state index < -0.39 is 0 Å².